The summed E-state index contributed by atoms with van der Waals surface area (Å²) in [5.41, 5.74) is 3.56. The van der Waals surface area contributed by atoms with Crippen molar-refractivity contribution in [3.63, 3.8) is 0 Å². The Morgan fingerprint density at radius 2 is 2.13 bits per heavy atom. The minimum atomic E-state index is 0.520. The molecule has 1 aromatic carbocycles. The van der Waals surface area contributed by atoms with Gasteiger partial charge in [-0.25, -0.2) is 9.97 Å². The molecule has 0 saturated carbocycles. The van der Waals surface area contributed by atoms with Crippen LogP contribution in [0.2, 0.25) is 0 Å². The summed E-state index contributed by atoms with van der Waals surface area (Å²) < 4.78 is 11.3. The Bertz CT molecular complexity index is 785. The molecule has 0 radical (unpaired) electrons. The molecule has 0 aliphatic rings. The molecule has 2 heterocycles. The van der Waals surface area contributed by atoms with E-state index in [2.05, 4.69) is 32.6 Å². The highest BCUT2D eigenvalue weighted by Gasteiger charge is 2.06. The molecule has 6 nitrogen and oxygen atoms in total. The van der Waals surface area contributed by atoms with Crippen molar-refractivity contribution in [2.24, 2.45) is 0 Å². The third kappa shape index (κ3) is 3.92. The molecule has 6 heteroatoms. The van der Waals surface area contributed by atoms with Gasteiger partial charge in [0, 0.05) is 6.42 Å². The first-order valence-corrected chi connectivity index (χ1v) is 7.43. The van der Waals surface area contributed by atoms with E-state index in [0.29, 0.717) is 31.3 Å². The van der Waals surface area contributed by atoms with Crippen LogP contribution in [0.5, 0.6) is 5.88 Å². The standard InChI is InChI=1S/C17H18N4O2/c1-2-13-5-3-6-14(9-13)10-22-7-4-8-23-17-15-16(19-11-18-15)20-12-21-17/h2-3,5-6,9,11-12H,1,4,7-8,10H2,(H,18,19,20,21). The molecular weight excluding hydrogens is 292 g/mol. The van der Waals surface area contributed by atoms with E-state index in [4.69, 9.17) is 9.47 Å². The molecule has 2 aromatic heterocycles. The van der Waals surface area contributed by atoms with Crippen molar-refractivity contribution in [3.8, 4) is 5.88 Å². The molecule has 0 atom stereocenters. The van der Waals surface area contributed by atoms with E-state index in [-0.39, 0.29) is 0 Å². The summed E-state index contributed by atoms with van der Waals surface area (Å²) in [4.78, 5) is 15.2. The number of fused-ring (bicyclic) bond motifs is 1. The molecule has 0 amide bonds. The topological polar surface area (TPSA) is 72.9 Å². The van der Waals surface area contributed by atoms with Crippen molar-refractivity contribution in [1.82, 2.24) is 19.9 Å². The van der Waals surface area contributed by atoms with Crippen molar-refractivity contribution < 1.29 is 9.47 Å². The van der Waals surface area contributed by atoms with Gasteiger partial charge in [-0.05, 0) is 17.2 Å². The van der Waals surface area contributed by atoms with Gasteiger partial charge in [-0.2, -0.15) is 4.98 Å². The van der Waals surface area contributed by atoms with E-state index in [1.807, 2.05) is 24.3 Å². The molecule has 3 rings (SSSR count). The minimum absolute atomic E-state index is 0.520. The fourth-order valence-corrected chi connectivity index (χ4v) is 2.18. The van der Waals surface area contributed by atoms with Crippen molar-refractivity contribution >= 4 is 17.2 Å². The highest BCUT2D eigenvalue weighted by atomic mass is 16.5. The summed E-state index contributed by atoms with van der Waals surface area (Å²) in [6.07, 6.45) is 5.63. The van der Waals surface area contributed by atoms with Crippen LogP contribution in [0.15, 0.2) is 43.5 Å². The fraction of sp³-hybridized carbons (Fsp3) is 0.235. The van der Waals surface area contributed by atoms with E-state index < -0.39 is 0 Å². The summed E-state index contributed by atoms with van der Waals surface area (Å²) in [6.45, 7) is 5.49. The number of nitrogens with one attached hydrogen (secondary N) is 1. The van der Waals surface area contributed by atoms with E-state index in [1.54, 1.807) is 6.33 Å². The number of hydrogen-bond donors (Lipinski definition) is 1. The van der Waals surface area contributed by atoms with E-state index in [9.17, 15) is 0 Å². The quantitative estimate of drug-likeness (QED) is 0.648. The van der Waals surface area contributed by atoms with Crippen molar-refractivity contribution in [1.29, 1.82) is 0 Å². The van der Waals surface area contributed by atoms with Gasteiger partial charge in [0.25, 0.3) is 0 Å². The van der Waals surface area contributed by atoms with Crippen LogP contribution in [-0.2, 0) is 11.3 Å². The molecule has 0 bridgehead atoms. The molecule has 118 valence electrons. The lowest BCUT2D eigenvalue weighted by Crippen LogP contribution is -2.05. The average Bonchev–Trinajstić information content (AvgIpc) is 3.07. The molecule has 1 N–H and O–H groups in total. The highest BCUT2D eigenvalue weighted by Crippen LogP contribution is 2.16. The second-order valence-corrected chi connectivity index (χ2v) is 4.98. The van der Waals surface area contributed by atoms with Gasteiger partial charge < -0.3 is 14.5 Å². The number of aromatic nitrogens is 4. The molecule has 0 saturated heterocycles. The zero-order chi connectivity index (χ0) is 15.9. The molecule has 23 heavy (non-hydrogen) atoms. The third-order valence-electron chi connectivity index (χ3n) is 3.32. The van der Waals surface area contributed by atoms with E-state index in [1.165, 1.54) is 6.33 Å². The van der Waals surface area contributed by atoms with Crippen LogP contribution in [0.25, 0.3) is 17.2 Å². The number of hydrogen-bond acceptors (Lipinski definition) is 5. The lowest BCUT2D eigenvalue weighted by Gasteiger charge is -2.07. The normalized spacial score (nSPS) is 10.8. The second-order valence-electron chi connectivity index (χ2n) is 4.98. The Morgan fingerprint density at radius 3 is 3.04 bits per heavy atom. The lowest BCUT2D eigenvalue weighted by molar-refractivity contribution is 0.107. The summed E-state index contributed by atoms with van der Waals surface area (Å²) in [6, 6.07) is 8.13. The molecular formula is C17H18N4O2. The summed E-state index contributed by atoms with van der Waals surface area (Å²) in [5.74, 6) is 0.520. The maximum absolute atomic E-state index is 5.66. The van der Waals surface area contributed by atoms with E-state index in [0.717, 1.165) is 23.1 Å². The smallest absolute Gasteiger partial charge is 0.243 e. The van der Waals surface area contributed by atoms with Crippen LogP contribution in [0.4, 0.5) is 0 Å². The Kier molecular flexibility index (Phi) is 4.95. The van der Waals surface area contributed by atoms with Crippen LogP contribution in [0.3, 0.4) is 0 Å². The van der Waals surface area contributed by atoms with Crippen LogP contribution < -0.4 is 4.74 Å². The number of benzene rings is 1. The highest BCUT2D eigenvalue weighted by molar-refractivity contribution is 5.74. The van der Waals surface area contributed by atoms with Gasteiger partial charge in [0.1, 0.15) is 11.8 Å². The number of nitrogens with zero attached hydrogens (tertiary/aromatic N) is 3. The van der Waals surface area contributed by atoms with Gasteiger partial charge in [-0.3, -0.25) is 0 Å². The van der Waals surface area contributed by atoms with Gasteiger partial charge in [-0.15, -0.1) is 0 Å². The van der Waals surface area contributed by atoms with Gasteiger partial charge in [0.05, 0.1) is 26.1 Å². The summed E-state index contributed by atoms with van der Waals surface area (Å²) in [7, 11) is 0. The van der Waals surface area contributed by atoms with Gasteiger partial charge in [0.2, 0.25) is 5.88 Å². The zero-order valence-corrected chi connectivity index (χ0v) is 12.7. The van der Waals surface area contributed by atoms with Gasteiger partial charge >= 0.3 is 0 Å². The zero-order valence-electron chi connectivity index (χ0n) is 12.7. The summed E-state index contributed by atoms with van der Waals surface area (Å²) in [5, 5.41) is 0. The SMILES string of the molecule is C=Cc1cccc(COCCCOc2ncnc3nc[nH]c23)c1. The summed E-state index contributed by atoms with van der Waals surface area (Å²) >= 11 is 0. The Balaban J connectivity index is 1.40. The largest absolute Gasteiger partial charge is 0.476 e. The molecule has 0 aliphatic heterocycles. The molecule has 0 aliphatic carbocycles. The predicted molar refractivity (Wildman–Crippen MR) is 88.0 cm³/mol. The molecule has 0 unspecified atom stereocenters. The Labute approximate surface area is 134 Å². The second kappa shape index (κ2) is 7.51. The number of ether oxygens (including phenoxy) is 2. The Hall–Kier alpha value is -2.73. The Morgan fingerprint density at radius 1 is 1.17 bits per heavy atom. The molecule has 3 aromatic rings. The number of rotatable bonds is 8. The van der Waals surface area contributed by atoms with Crippen molar-refractivity contribution in [3.05, 3.63) is 54.6 Å². The van der Waals surface area contributed by atoms with Crippen LogP contribution >= 0.6 is 0 Å². The number of aromatic amines is 1. The van der Waals surface area contributed by atoms with Gasteiger partial charge in [0.15, 0.2) is 5.65 Å². The predicted octanol–water partition coefficient (Wildman–Crippen LogP) is 2.98. The minimum Gasteiger partial charge on any atom is -0.476 e. The third-order valence-corrected chi connectivity index (χ3v) is 3.32. The number of imidazole rings is 1. The fourth-order valence-electron chi connectivity index (χ4n) is 2.18. The monoisotopic (exact) mass is 310 g/mol. The van der Waals surface area contributed by atoms with Crippen molar-refractivity contribution in [2.45, 2.75) is 13.0 Å². The molecule has 0 spiro atoms. The first kappa shape index (κ1) is 15.2. The van der Waals surface area contributed by atoms with Gasteiger partial charge in [-0.1, -0.05) is 30.9 Å². The molecule has 0 fully saturated rings. The average molecular weight is 310 g/mol. The first-order chi connectivity index (χ1) is 11.4. The van der Waals surface area contributed by atoms with Crippen molar-refractivity contribution in [2.75, 3.05) is 13.2 Å². The maximum atomic E-state index is 5.66. The number of H-pyrrole nitrogens is 1. The van der Waals surface area contributed by atoms with Crippen LogP contribution in [0, 0.1) is 0 Å². The van der Waals surface area contributed by atoms with Crippen LogP contribution in [-0.4, -0.2) is 33.1 Å². The van der Waals surface area contributed by atoms with E-state index >= 15 is 0 Å². The lowest BCUT2D eigenvalue weighted by atomic mass is 10.1. The first-order valence-electron chi connectivity index (χ1n) is 7.43. The van der Waals surface area contributed by atoms with Crippen LogP contribution in [0.1, 0.15) is 17.5 Å². The maximum Gasteiger partial charge on any atom is 0.243 e.